The van der Waals surface area contributed by atoms with Crippen molar-refractivity contribution >= 4 is 21.9 Å². The number of rotatable bonds is 6. The van der Waals surface area contributed by atoms with Gasteiger partial charge in [0.05, 0.1) is 11.4 Å². The summed E-state index contributed by atoms with van der Waals surface area (Å²) < 4.78 is 6.12. The zero-order valence-electron chi connectivity index (χ0n) is 31.4. The summed E-state index contributed by atoms with van der Waals surface area (Å²) in [6.45, 7) is 2.36. The van der Waals surface area contributed by atoms with Crippen LogP contribution in [-0.2, 0) is 5.41 Å². The zero-order chi connectivity index (χ0) is 37.9. The maximum Gasteiger partial charge on any atom is 0.160 e. The lowest BCUT2D eigenvalue weighted by Crippen LogP contribution is -2.22. The molecule has 2 heterocycles. The Hall–Kier alpha value is -7.36. The number of benzene rings is 8. The fraction of sp³-hybridized carbons (Fsp3) is 0.0370. The van der Waals surface area contributed by atoms with Crippen molar-refractivity contribution in [1.82, 2.24) is 9.97 Å². The van der Waals surface area contributed by atoms with E-state index in [-0.39, 0.29) is 5.41 Å². The molecular formula is C54H36N2O. The molecule has 0 saturated heterocycles. The lowest BCUT2D eigenvalue weighted by atomic mass is 9.74. The minimum Gasteiger partial charge on any atom is -0.456 e. The van der Waals surface area contributed by atoms with Gasteiger partial charge < -0.3 is 4.42 Å². The zero-order valence-corrected chi connectivity index (χ0v) is 31.4. The van der Waals surface area contributed by atoms with Crippen molar-refractivity contribution in [2.75, 3.05) is 0 Å². The largest absolute Gasteiger partial charge is 0.456 e. The van der Waals surface area contributed by atoms with Gasteiger partial charge in [0.1, 0.15) is 11.2 Å². The third-order valence-corrected chi connectivity index (χ3v) is 11.8. The maximum atomic E-state index is 6.12. The Morgan fingerprint density at radius 2 is 0.877 bits per heavy atom. The average Bonchev–Trinajstić information content (AvgIpc) is 3.79. The molecule has 2 aromatic heterocycles. The van der Waals surface area contributed by atoms with Crippen molar-refractivity contribution in [2.45, 2.75) is 12.3 Å². The second-order valence-electron chi connectivity index (χ2n) is 15.1. The second kappa shape index (κ2) is 13.1. The van der Waals surface area contributed by atoms with Gasteiger partial charge in [0.2, 0.25) is 0 Å². The van der Waals surface area contributed by atoms with E-state index in [1.54, 1.807) is 0 Å². The molecule has 3 nitrogen and oxygen atoms in total. The van der Waals surface area contributed by atoms with Crippen LogP contribution in [0.2, 0.25) is 0 Å². The van der Waals surface area contributed by atoms with Gasteiger partial charge in [-0.3, -0.25) is 0 Å². The van der Waals surface area contributed by atoms with Crippen molar-refractivity contribution in [1.29, 1.82) is 0 Å². The van der Waals surface area contributed by atoms with Crippen LogP contribution >= 0.6 is 0 Å². The van der Waals surface area contributed by atoms with Gasteiger partial charge in [0, 0.05) is 32.9 Å². The molecule has 57 heavy (non-hydrogen) atoms. The van der Waals surface area contributed by atoms with Crippen LogP contribution in [0.25, 0.3) is 89.2 Å². The third-order valence-electron chi connectivity index (χ3n) is 11.8. The molecule has 1 aliphatic carbocycles. The van der Waals surface area contributed by atoms with Crippen LogP contribution in [0.1, 0.15) is 23.6 Å². The van der Waals surface area contributed by atoms with Crippen molar-refractivity contribution in [2.24, 2.45) is 0 Å². The summed E-state index contributed by atoms with van der Waals surface area (Å²) in [7, 11) is 0. The summed E-state index contributed by atoms with van der Waals surface area (Å²) in [4.78, 5) is 10.3. The SMILES string of the molecule is CC1(c2ccc(-c3cccc(-c4cc(-c5cccc(-c6ccc7oc8ccccc8c7c6)c5)nc(-c5ccccc5)n4)c3)cc2)c2ccccc2-c2ccccc21. The summed E-state index contributed by atoms with van der Waals surface area (Å²) in [6.07, 6.45) is 0. The fourth-order valence-corrected chi connectivity index (χ4v) is 8.84. The maximum absolute atomic E-state index is 6.12. The van der Waals surface area contributed by atoms with Crippen molar-refractivity contribution in [3.63, 3.8) is 0 Å². The minimum atomic E-state index is -0.226. The molecule has 0 amide bonds. The molecule has 3 heteroatoms. The topological polar surface area (TPSA) is 38.9 Å². The Labute approximate surface area is 331 Å². The molecule has 8 aromatic carbocycles. The van der Waals surface area contributed by atoms with Gasteiger partial charge in [-0.25, -0.2) is 9.97 Å². The predicted molar refractivity (Wildman–Crippen MR) is 234 cm³/mol. The van der Waals surface area contributed by atoms with Crippen LogP contribution < -0.4 is 0 Å². The molecule has 10 aromatic rings. The number of para-hydroxylation sites is 1. The molecule has 0 saturated carbocycles. The van der Waals surface area contributed by atoms with E-state index in [0.29, 0.717) is 5.82 Å². The fourth-order valence-electron chi connectivity index (χ4n) is 8.84. The van der Waals surface area contributed by atoms with Gasteiger partial charge in [-0.2, -0.15) is 0 Å². The number of furan rings is 1. The number of hydrogen-bond acceptors (Lipinski definition) is 3. The highest BCUT2D eigenvalue weighted by atomic mass is 16.3. The van der Waals surface area contributed by atoms with Gasteiger partial charge in [-0.15, -0.1) is 0 Å². The third kappa shape index (κ3) is 5.50. The van der Waals surface area contributed by atoms with E-state index in [2.05, 4.69) is 177 Å². The molecule has 0 unspecified atom stereocenters. The molecule has 0 aliphatic heterocycles. The van der Waals surface area contributed by atoms with Gasteiger partial charge in [-0.05, 0) is 93.4 Å². The summed E-state index contributed by atoms with van der Waals surface area (Å²) in [5.74, 6) is 0.694. The Kier molecular flexibility index (Phi) is 7.61. The summed E-state index contributed by atoms with van der Waals surface area (Å²) >= 11 is 0. The van der Waals surface area contributed by atoms with Gasteiger partial charge >= 0.3 is 0 Å². The monoisotopic (exact) mass is 728 g/mol. The number of hydrogen-bond donors (Lipinski definition) is 0. The van der Waals surface area contributed by atoms with Crippen molar-refractivity contribution in [3.8, 4) is 67.3 Å². The van der Waals surface area contributed by atoms with Crippen LogP contribution in [0, 0.1) is 0 Å². The van der Waals surface area contributed by atoms with Crippen LogP contribution in [0.15, 0.2) is 205 Å². The van der Waals surface area contributed by atoms with Crippen LogP contribution in [0.3, 0.4) is 0 Å². The first kappa shape index (κ1) is 33.0. The highest BCUT2D eigenvalue weighted by Gasteiger charge is 2.40. The molecule has 0 bridgehead atoms. The number of aromatic nitrogens is 2. The van der Waals surface area contributed by atoms with Crippen molar-refractivity contribution < 1.29 is 4.42 Å². The van der Waals surface area contributed by atoms with E-state index in [9.17, 15) is 0 Å². The standard InChI is InChI=1S/C54H36N2O/c1-54(47-22-8-5-19-43(47)44-20-6-9-23-48(44)54)42-28-25-35(26-29-42)37-15-11-17-40(31-37)49-34-50(56-53(55-49)36-13-3-2-4-14-36)41-18-12-16-38(32-41)39-27-30-52-46(33-39)45-21-7-10-24-51(45)57-52/h2-34H,1H3. The Bertz CT molecular complexity index is 3090. The molecule has 268 valence electrons. The van der Waals surface area contributed by atoms with Gasteiger partial charge in [0.25, 0.3) is 0 Å². The minimum absolute atomic E-state index is 0.226. The number of nitrogens with zero attached hydrogens (tertiary/aromatic N) is 2. The second-order valence-corrected chi connectivity index (χ2v) is 15.1. The van der Waals surface area contributed by atoms with E-state index in [4.69, 9.17) is 14.4 Å². The highest BCUT2D eigenvalue weighted by Crippen LogP contribution is 2.52. The lowest BCUT2D eigenvalue weighted by Gasteiger charge is -2.28. The average molecular weight is 729 g/mol. The lowest BCUT2D eigenvalue weighted by molar-refractivity contribution is 0.669. The molecule has 0 atom stereocenters. The molecule has 11 rings (SSSR count). The normalized spacial score (nSPS) is 12.8. The molecule has 1 aliphatic rings. The summed E-state index contributed by atoms with van der Waals surface area (Å²) in [6, 6.07) is 71.1. The molecule has 0 N–H and O–H groups in total. The first-order chi connectivity index (χ1) is 28.1. The first-order valence-corrected chi connectivity index (χ1v) is 19.5. The first-order valence-electron chi connectivity index (χ1n) is 19.5. The quantitative estimate of drug-likeness (QED) is 0.171. The highest BCUT2D eigenvalue weighted by molar-refractivity contribution is 6.06. The molecule has 0 spiro atoms. The Morgan fingerprint density at radius 1 is 0.368 bits per heavy atom. The summed E-state index contributed by atoms with van der Waals surface area (Å²) in [5.41, 5.74) is 17.5. The predicted octanol–water partition coefficient (Wildman–Crippen LogP) is 14.0. The summed E-state index contributed by atoms with van der Waals surface area (Å²) in [5, 5.41) is 2.23. The smallest absolute Gasteiger partial charge is 0.160 e. The van der Waals surface area contributed by atoms with Crippen molar-refractivity contribution in [3.05, 3.63) is 217 Å². The van der Waals surface area contributed by atoms with E-state index in [0.717, 1.165) is 72.3 Å². The number of fused-ring (bicyclic) bond motifs is 6. The molecule has 0 fully saturated rings. The van der Waals surface area contributed by atoms with Crippen LogP contribution in [-0.4, -0.2) is 9.97 Å². The van der Waals surface area contributed by atoms with Gasteiger partial charge in [-0.1, -0.05) is 164 Å². The van der Waals surface area contributed by atoms with E-state index < -0.39 is 0 Å². The van der Waals surface area contributed by atoms with E-state index >= 15 is 0 Å². The van der Waals surface area contributed by atoms with Crippen LogP contribution in [0.5, 0.6) is 0 Å². The van der Waals surface area contributed by atoms with E-state index in [1.807, 2.05) is 30.3 Å². The Balaban J connectivity index is 0.970. The Morgan fingerprint density at radius 3 is 1.56 bits per heavy atom. The molecular weight excluding hydrogens is 693 g/mol. The van der Waals surface area contributed by atoms with Gasteiger partial charge in [0.15, 0.2) is 5.82 Å². The molecule has 0 radical (unpaired) electrons. The van der Waals surface area contributed by atoms with E-state index in [1.165, 1.54) is 27.8 Å². The van der Waals surface area contributed by atoms with Crippen LogP contribution in [0.4, 0.5) is 0 Å².